The fraction of sp³-hybridized carbons (Fsp3) is 0.727. The van der Waals surface area contributed by atoms with Gasteiger partial charge in [0.15, 0.2) is 5.82 Å². The van der Waals surface area contributed by atoms with Crippen LogP contribution in [0.25, 0.3) is 4.96 Å². The average Bonchev–Trinajstić information content (AvgIpc) is 2.80. The van der Waals surface area contributed by atoms with Crippen molar-refractivity contribution in [3.63, 3.8) is 0 Å². The van der Waals surface area contributed by atoms with Crippen molar-refractivity contribution in [1.29, 1.82) is 0 Å². The molecule has 1 N–H and O–H groups in total. The highest BCUT2D eigenvalue weighted by molar-refractivity contribution is 7.16. The van der Waals surface area contributed by atoms with E-state index >= 15 is 0 Å². The molecule has 3 rings (SSSR count). The first-order valence-corrected chi connectivity index (χ1v) is 7.04. The summed E-state index contributed by atoms with van der Waals surface area (Å²) in [5, 5.41) is 17.6. The van der Waals surface area contributed by atoms with Crippen LogP contribution in [-0.4, -0.2) is 26.9 Å². The molecule has 92 valence electrons. The van der Waals surface area contributed by atoms with E-state index in [2.05, 4.69) is 27.5 Å². The van der Waals surface area contributed by atoms with E-state index in [0.29, 0.717) is 12.0 Å². The van der Waals surface area contributed by atoms with E-state index in [1.807, 2.05) is 11.6 Å². The molecule has 2 aromatic heterocycles. The van der Waals surface area contributed by atoms with E-state index in [1.165, 1.54) is 19.3 Å². The molecule has 1 fully saturated rings. The molecule has 0 radical (unpaired) electrons. The Kier molecular flexibility index (Phi) is 2.84. The van der Waals surface area contributed by atoms with Crippen LogP contribution < -0.4 is 5.32 Å². The molecule has 1 aliphatic carbocycles. The quantitative estimate of drug-likeness (QED) is 0.904. The summed E-state index contributed by atoms with van der Waals surface area (Å²) in [7, 11) is 1.98. The number of aromatic nitrogens is 4. The highest BCUT2D eigenvalue weighted by Gasteiger charge is 2.26. The number of hydrogen-bond acceptors (Lipinski definition) is 5. The first-order chi connectivity index (χ1) is 8.33. The molecule has 0 aliphatic heterocycles. The van der Waals surface area contributed by atoms with Crippen molar-refractivity contribution in [2.75, 3.05) is 7.05 Å². The van der Waals surface area contributed by atoms with Crippen molar-refractivity contribution < 1.29 is 0 Å². The maximum atomic E-state index is 4.67. The molecule has 2 heterocycles. The van der Waals surface area contributed by atoms with Crippen LogP contribution in [0.3, 0.4) is 0 Å². The molecule has 1 aliphatic rings. The van der Waals surface area contributed by atoms with Gasteiger partial charge in [-0.15, -0.1) is 10.2 Å². The number of rotatable bonds is 4. The lowest BCUT2D eigenvalue weighted by atomic mass is 9.85. The summed E-state index contributed by atoms with van der Waals surface area (Å²) in [6.07, 6.45) is 4.82. The molecular formula is C11H17N5S. The van der Waals surface area contributed by atoms with Crippen LogP contribution in [0, 0.1) is 0 Å². The molecule has 1 unspecified atom stereocenters. The van der Waals surface area contributed by atoms with E-state index in [4.69, 9.17) is 0 Å². The van der Waals surface area contributed by atoms with Crippen LogP contribution in [0.5, 0.6) is 0 Å². The zero-order valence-corrected chi connectivity index (χ0v) is 11.0. The zero-order valence-electron chi connectivity index (χ0n) is 10.2. The van der Waals surface area contributed by atoms with Crippen LogP contribution in [0.15, 0.2) is 0 Å². The topological polar surface area (TPSA) is 55.1 Å². The number of nitrogens with one attached hydrogen (secondary N) is 1. The number of nitrogens with zero attached hydrogens (tertiary/aromatic N) is 4. The van der Waals surface area contributed by atoms with Crippen molar-refractivity contribution in [1.82, 2.24) is 25.1 Å². The van der Waals surface area contributed by atoms with Crippen LogP contribution in [-0.2, 0) is 0 Å². The summed E-state index contributed by atoms with van der Waals surface area (Å²) in [6, 6.07) is 0.330. The minimum Gasteiger partial charge on any atom is -0.311 e. The Morgan fingerprint density at radius 2 is 2.29 bits per heavy atom. The van der Waals surface area contributed by atoms with Gasteiger partial charge in [-0.05, 0) is 26.3 Å². The Balaban J connectivity index is 1.98. The first kappa shape index (κ1) is 11.1. The molecule has 0 spiro atoms. The summed E-state index contributed by atoms with van der Waals surface area (Å²) in [6.45, 7) is 2.16. The van der Waals surface area contributed by atoms with E-state index < -0.39 is 0 Å². The second kappa shape index (κ2) is 4.34. The molecule has 17 heavy (non-hydrogen) atoms. The van der Waals surface area contributed by atoms with Gasteiger partial charge in [0, 0.05) is 5.92 Å². The molecule has 6 heteroatoms. The highest BCUT2D eigenvalue weighted by Crippen LogP contribution is 2.36. The van der Waals surface area contributed by atoms with Gasteiger partial charge in [-0.25, -0.2) is 0 Å². The molecule has 2 aromatic rings. The molecule has 0 saturated heterocycles. The summed E-state index contributed by atoms with van der Waals surface area (Å²) in [5.74, 6) is 1.63. The lowest BCUT2D eigenvalue weighted by Crippen LogP contribution is -2.16. The van der Waals surface area contributed by atoms with Gasteiger partial charge >= 0.3 is 0 Å². The fourth-order valence-electron chi connectivity index (χ4n) is 2.21. The van der Waals surface area contributed by atoms with Crippen LogP contribution in [0.1, 0.15) is 55.4 Å². The van der Waals surface area contributed by atoms with E-state index in [-0.39, 0.29) is 0 Å². The van der Waals surface area contributed by atoms with Crippen LogP contribution in [0.4, 0.5) is 0 Å². The van der Waals surface area contributed by atoms with Crippen molar-refractivity contribution in [2.45, 2.75) is 44.6 Å². The van der Waals surface area contributed by atoms with Gasteiger partial charge in [0.2, 0.25) is 4.96 Å². The van der Waals surface area contributed by atoms with Gasteiger partial charge < -0.3 is 5.32 Å². The van der Waals surface area contributed by atoms with Gasteiger partial charge in [-0.3, -0.25) is 0 Å². The van der Waals surface area contributed by atoms with Crippen molar-refractivity contribution in [3.8, 4) is 0 Å². The number of hydrogen-bond donors (Lipinski definition) is 1. The van der Waals surface area contributed by atoms with Gasteiger partial charge in [-0.2, -0.15) is 9.61 Å². The first-order valence-electron chi connectivity index (χ1n) is 6.22. The predicted octanol–water partition coefficient (Wildman–Crippen LogP) is 2.12. The molecule has 1 atom stereocenters. The van der Waals surface area contributed by atoms with E-state index in [9.17, 15) is 0 Å². The normalized spacial score (nSPS) is 18.5. The molecule has 5 nitrogen and oxygen atoms in total. The Labute approximate surface area is 104 Å². The standard InChI is InChI=1S/C11H17N5S/c1-3-8(12-2)10-15-16-9(7-5-4-6-7)13-14-11(16)17-10/h7-8,12H,3-6H2,1-2H3. The third-order valence-electron chi connectivity index (χ3n) is 3.56. The van der Waals surface area contributed by atoms with E-state index in [0.717, 1.165) is 22.2 Å². The largest absolute Gasteiger partial charge is 0.311 e. The van der Waals surface area contributed by atoms with Crippen LogP contribution >= 0.6 is 11.3 Å². The SMILES string of the molecule is CCC(NC)c1nn2c(C3CCC3)nnc2s1. The monoisotopic (exact) mass is 251 g/mol. The van der Waals surface area contributed by atoms with E-state index in [1.54, 1.807) is 11.3 Å². The summed E-state index contributed by atoms with van der Waals surface area (Å²) >= 11 is 1.64. The van der Waals surface area contributed by atoms with Crippen LogP contribution in [0.2, 0.25) is 0 Å². The summed E-state index contributed by atoms with van der Waals surface area (Å²) in [5.41, 5.74) is 0. The lowest BCUT2D eigenvalue weighted by molar-refractivity contribution is 0.394. The van der Waals surface area contributed by atoms with Crippen molar-refractivity contribution in [2.24, 2.45) is 0 Å². The van der Waals surface area contributed by atoms with Gasteiger partial charge in [0.05, 0.1) is 6.04 Å². The minimum absolute atomic E-state index is 0.330. The Morgan fingerprint density at radius 1 is 1.47 bits per heavy atom. The molecule has 0 aromatic carbocycles. The third-order valence-corrected chi connectivity index (χ3v) is 4.57. The predicted molar refractivity (Wildman–Crippen MR) is 67.3 cm³/mol. The lowest BCUT2D eigenvalue weighted by Gasteiger charge is -2.22. The summed E-state index contributed by atoms with van der Waals surface area (Å²) in [4.78, 5) is 0.926. The Morgan fingerprint density at radius 3 is 2.88 bits per heavy atom. The van der Waals surface area contributed by atoms with Gasteiger partial charge in [0.1, 0.15) is 5.01 Å². The Bertz CT molecular complexity index is 509. The molecule has 0 bridgehead atoms. The Hall–Kier alpha value is -1.01. The summed E-state index contributed by atoms with van der Waals surface area (Å²) < 4.78 is 1.95. The average molecular weight is 251 g/mol. The molecular weight excluding hydrogens is 234 g/mol. The van der Waals surface area contributed by atoms with Crippen molar-refractivity contribution in [3.05, 3.63) is 10.8 Å². The maximum absolute atomic E-state index is 4.67. The van der Waals surface area contributed by atoms with Crippen molar-refractivity contribution >= 4 is 16.3 Å². The maximum Gasteiger partial charge on any atom is 0.234 e. The van der Waals surface area contributed by atoms with Gasteiger partial charge in [0.25, 0.3) is 0 Å². The fourth-order valence-corrected chi connectivity index (χ4v) is 3.25. The third kappa shape index (κ3) is 1.75. The minimum atomic E-state index is 0.330. The zero-order chi connectivity index (χ0) is 11.8. The second-order valence-electron chi connectivity index (χ2n) is 4.57. The molecule has 0 amide bonds. The molecule has 1 saturated carbocycles. The smallest absolute Gasteiger partial charge is 0.234 e. The van der Waals surface area contributed by atoms with Gasteiger partial charge in [-0.1, -0.05) is 24.7 Å². The number of fused-ring (bicyclic) bond motifs is 1. The second-order valence-corrected chi connectivity index (χ2v) is 5.56. The highest BCUT2D eigenvalue weighted by atomic mass is 32.1.